The molecule has 0 aliphatic carbocycles. The number of carbonyl (C=O) groups is 1. The number of aromatic nitrogens is 1. The second kappa shape index (κ2) is 18.6. The Labute approximate surface area is 361 Å². The van der Waals surface area contributed by atoms with Gasteiger partial charge in [0.2, 0.25) is 5.52 Å². The van der Waals surface area contributed by atoms with E-state index in [4.69, 9.17) is 4.74 Å². The largest absolute Gasteiger partial charge is 0.458 e. The molecule has 0 radical (unpaired) electrons. The molecular formula is C43H18BF20NO2. The van der Waals surface area contributed by atoms with Crippen LogP contribution in [0.25, 0.3) is 10.9 Å². The molecule has 0 amide bonds. The van der Waals surface area contributed by atoms with Crippen molar-refractivity contribution in [3.05, 3.63) is 194 Å². The summed E-state index contributed by atoms with van der Waals surface area (Å²) >= 11 is 0. The smallest absolute Gasteiger partial charge is 0.403 e. The summed E-state index contributed by atoms with van der Waals surface area (Å²) in [5, 5.41) is 1.10. The quantitative estimate of drug-likeness (QED) is 0.0380. The Balaban J connectivity index is 0.000000279. The molecule has 1 aromatic heterocycles. The van der Waals surface area contributed by atoms with Gasteiger partial charge in [-0.25, -0.2) is 92.6 Å². The summed E-state index contributed by atoms with van der Waals surface area (Å²) in [5.41, 5.74) is -11.6. The van der Waals surface area contributed by atoms with Crippen LogP contribution in [0.4, 0.5) is 87.8 Å². The van der Waals surface area contributed by atoms with Crippen LogP contribution in [-0.2, 0) is 11.3 Å². The Morgan fingerprint density at radius 2 is 0.701 bits per heavy atom. The molecule has 0 saturated carbocycles. The molecular weight excluding hydrogens is 953 g/mol. The van der Waals surface area contributed by atoms with Crippen molar-refractivity contribution in [2.75, 3.05) is 6.61 Å². The van der Waals surface area contributed by atoms with Gasteiger partial charge < -0.3 is 4.74 Å². The van der Waals surface area contributed by atoms with E-state index in [0.29, 0.717) is 18.8 Å². The highest BCUT2D eigenvalue weighted by Gasteiger charge is 2.52. The number of ether oxygens (including phenoxy) is 1. The van der Waals surface area contributed by atoms with E-state index in [0.717, 1.165) is 16.5 Å². The molecule has 1 heterocycles. The second-order valence-electron chi connectivity index (χ2n) is 13.9. The minimum atomic E-state index is -7.22. The third kappa shape index (κ3) is 7.84. The molecule has 3 nitrogen and oxygen atoms in total. The Bertz CT molecular complexity index is 2770. The first-order valence-electron chi connectivity index (χ1n) is 18.4. The summed E-state index contributed by atoms with van der Waals surface area (Å²) in [7, 11) is 0. The van der Waals surface area contributed by atoms with Crippen LogP contribution in [0, 0.1) is 116 Å². The standard InChI is InChI=1S/C24BF20.C19H18NO2/c26-5-1(6(27)14(35)21(42)13(5)34)25(2-7(28)15(36)22(43)16(37)8(2)29,3-9(30)17(38)23(44)18(39)10(3)31)4-11(32)19(40)24(45)20(41)12(4)33;1-2-22-19(21)18-13-12-16-10-6-7-11-17(16)20(18)14-15-8-4-3-5-9-15/h;3-13H,2,14H2,1H3/q-1;+1. The minimum absolute atomic E-state index is 0.288. The van der Waals surface area contributed by atoms with Crippen LogP contribution in [0.1, 0.15) is 23.0 Å². The summed E-state index contributed by atoms with van der Waals surface area (Å²) in [6.07, 6.45) is -7.22. The van der Waals surface area contributed by atoms with E-state index in [-0.39, 0.29) is 5.97 Å². The van der Waals surface area contributed by atoms with E-state index in [2.05, 4.69) is 12.1 Å². The van der Waals surface area contributed by atoms with Crippen molar-refractivity contribution in [1.82, 2.24) is 0 Å². The van der Waals surface area contributed by atoms with Gasteiger partial charge in [0.15, 0.2) is 76.4 Å². The first-order valence-corrected chi connectivity index (χ1v) is 18.4. The molecule has 0 saturated heterocycles. The molecule has 0 atom stereocenters. The fourth-order valence-electron chi connectivity index (χ4n) is 7.46. The Morgan fingerprint density at radius 3 is 1.03 bits per heavy atom. The zero-order chi connectivity index (χ0) is 49.7. The van der Waals surface area contributed by atoms with Crippen LogP contribution in [0.2, 0.25) is 0 Å². The van der Waals surface area contributed by atoms with Crippen LogP contribution in [0.3, 0.4) is 0 Å². The molecule has 0 fully saturated rings. The van der Waals surface area contributed by atoms with Gasteiger partial charge in [0.1, 0.15) is 52.7 Å². The number of hydrogen-bond acceptors (Lipinski definition) is 2. The summed E-state index contributed by atoms with van der Waals surface area (Å²) in [5.74, 6) is -71.7. The van der Waals surface area contributed by atoms with Gasteiger partial charge in [-0.3, -0.25) is 0 Å². The van der Waals surface area contributed by atoms with Crippen molar-refractivity contribution in [2.45, 2.75) is 13.5 Å². The maximum Gasteiger partial charge on any atom is 0.403 e. The monoisotopic (exact) mass is 971 g/mol. The molecule has 0 unspecified atom stereocenters. The highest BCUT2D eigenvalue weighted by molar-refractivity contribution is 7.20. The van der Waals surface area contributed by atoms with E-state index >= 15 is 35.1 Å². The molecule has 7 rings (SSSR count). The lowest BCUT2D eigenvalue weighted by atomic mass is 9.12. The fraction of sp³-hybridized carbons (Fsp3) is 0.0698. The lowest BCUT2D eigenvalue weighted by Crippen LogP contribution is -2.81. The topological polar surface area (TPSA) is 30.2 Å². The molecule has 7 aromatic rings. The number of para-hydroxylation sites is 1. The van der Waals surface area contributed by atoms with Crippen LogP contribution < -0.4 is 26.4 Å². The first kappa shape index (κ1) is 49.3. The summed E-state index contributed by atoms with van der Waals surface area (Å²) in [4.78, 5) is 12.3. The molecule has 6 aromatic carbocycles. The number of nitrogens with zero attached hydrogens (tertiary/aromatic N) is 1. The number of esters is 1. The SMILES string of the molecule is CCOC(=O)c1ccc2ccccc2[n+]1Cc1ccccc1.Fc1c(F)c(F)c([B-](c2c(F)c(F)c(F)c(F)c2F)(c2c(F)c(F)c(F)c(F)c2F)c2c(F)c(F)c(F)c(F)c2F)c(F)c1F. The van der Waals surface area contributed by atoms with Crippen molar-refractivity contribution in [3.8, 4) is 0 Å². The summed E-state index contributed by atoms with van der Waals surface area (Å²) in [6, 6.07) is 22.0. The summed E-state index contributed by atoms with van der Waals surface area (Å²) < 4.78 is 301. The molecule has 0 aliphatic heterocycles. The number of hydrogen-bond donors (Lipinski definition) is 0. The number of rotatable bonds is 8. The highest BCUT2D eigenvalue weighted by atomic mass is 19.2. The average molecular weight is 971 g/mol. The minimum Gasteiger partial charge on any atom is -0.458 e. The number of fused-ring (bicyclic) bond motifs is 1. The normalized spacial score (nSPS) is 11.5. The summed E-state index contributed by atoms with van der Waals surface area (Å²) in [6.45, 7) is 2.83. The van der Waals surface area contributed by atoms with Crippen molar-refractivity contribution >= 4 is 44.9 Å². The van der Waals surface area contributed by atoms with Gasteiger partial charge in [0, 0.05) is 23.1 Å². The molecule has 24 heteroatoms. The second-order valence-corrected chi connectivity index (χ2v) is 13.9. The van der Waals surface area contributed by atoms with Gasteiger partial charge in [0.05, 0.1) is 6.61 Å². The van der Waals surface area contributed by atoms with Crippen molar-refractivity contribution < 1.29 is 102 Å². The zero-order valence-electron chi connectivity index (χ0n) is 32.7. The zero-order valence-corrected chi connectivity index (χ0v) is 32.7. The van der Waals surface area contributed by atoms with Crippen molar-refractivity contribution in [1.29, 1.82) is 0 Å². The molecule has 0 aliphatic rings. The number of benzene rings is 6. The molecule has 350 valence electrons. The lowest BCUT2D eigenvalue weighted by Gasteiger charge is -2.44. The Morgan fingerprint density at radius 1 is 0.403 bits per heavy atom. The van der Waals surface area contributed by atoms with E-state index < -0.39 is 144 Å². The Hall–Kier alpha value is -7.14. The van der Waals surface area contributed by atoms with E-state index in [1.807, 2.05) is 66.1 Å². The van der Waals surface area contributed by atoms with E-state index in [9.17, 15) is 57.5 Å². The number of pyridine rings is 1. The van der Waals surface area contributed by atoms with Gasteiger partial charge in [-0.1, -0.05) is 42.5 Å². The lowest BCUT2D eigenvalue weighted by molar-refractivity contribution is -0.665. The predicted molar refractivity (Wildman–Crippen MR) is 195 cm³/mol. The third-order valence-corrected chi connectivity index (χ3v) is 10.3. The van der Waals surface area contributed by atoms with E-state index in [1.54, 1.807) is 0 Å². The Kier molecular flexibility index (Phi) is 13.7. The maximum absolute atomic E-state index is 15.4. The highest BCUT2D eigenvalue weighted by Crippen LogP contribution is 2.31. The average Bonchev–Trinajstić information content (AvgIpc) is 3.32. The van der Waals surface area contributed by atoms with Gasteiger partial charge in [-0.05, 0) is 19.1 Å². The first-order chi connectivity index (χ1) is 31.5. The van der Waals surface area contributed by atoms with Crippen LogP contribution in [-0.4, -0.2) is 18.7 Å². The number of carbonyl (C=O) groups excluding carboxylic acids is 1. The van der Waals surface area contributed by atoms with Crippen molar-refractivity contribution in [2.24, 2.45) is 0 Å². The van der Waals surface area contributed by atoms with Gasteiger partial charge in [-0.15, -0.1) is 21.9 Å². The fourth-order valence-corrected chi connectivity index (χ4v) is 7.46. The van der Waals surface area contributed by atoms with Gasteiger partial charge >= 0.3 is 5.97 Å². The third-order valence-electron chi connectivity index (χ3n) is 10.3. The van der Waals surface area contributed by atoms with Crippen LogP contribution >= 0.6 is 0 Å². The molecule has 0 spiro atoms. The van der Waals surface area contributed by atoms with Crippen molar-refractivity contribution in [3.63, 3.8) is 0 Å². The molecule has 0 bridgehead atoms. The van der Waals surface area contributed by atoms with Crippen LogP contribution in [0.15, 0.2) is 66.7 Å². The predicted octanol–water partition coefficient (Wildman–Crippen LogP) is 9.20. The molecule has 67 heavy (non-hydrogen) atoms. The maximum atomic E-state index is 15.4. The van der Waals surface area contributed by atoms with Crippen LogP contribution in [0.5, 0.6) is 0 Å². The van der Waals surface area contributed by atoms with Gasteiger partial charge in [-0.2, -0.15) is 4.57 Å². The van der Waals surface area contributed by atoms with Gasteiger partial charge in [0.25, 0.3) is 5.69 Å². The van der Waals surface area contributed by atoms with E-state index in [1.165, 1.54) is 0 Å². The molecule has 0 N–H and O–H groups in total. The number of halogens is 20.